The summed E-state index contributed by atoms with van der Waals surface area (Å²) in [6.07, 6.45) is 1.72. The van der Waals surface area contributed by atoms with E-state index in [-0.39, 0.29) is 5.69 Å². The molecule has 0 aliphatic rings. The maximum atomic E-state index is 10.8. The van der Waals surface area contributed by atoms with Gasteiger partial charge in [-0.1, -0.05) is 11.3 Å². The molecule has 0 aromatic carbocycles. The normalized spacial score (nSPS) is 10.5. The lowest BCUT2D eigenvalue weighted by Gasteiger charge is -2.01. The van der Waals surface area contributed by atoms with E-state index in [2.05, 4.69) is 10.2 Å². The number of carbonyl (C=O) groups is 1. The molecule has 0 fully saturated rings. The van der Waals surface area contributed by atoms with Crippen molar-refractivity contribution in [3.8, 4) is 0 Å². The quantitative estimate of drug-likeness (QED) is 0.853. The third-order valence-electron chi connectivity index (χ3n) is 1.92. The van der Waals surface area contributed by atoms with Crippen LogP contribution in [0, 0.1) is 6.92 Å². The van der Waals surface area contributed by atoms with Gasteiger partial charge in [0.05, 0.1) is 6.54 Å². The number of aromatic carboxylic acids is 1. The monoisotopic (exact) mass is 223 g/mol. The molecule has 0 radical (unpaired) electrons. The Morgan fingerprint density at radius 1 is 1.60 bits per heavy atom. The first-order valence-corrected chi connectivity index (χ1v) is 5.16. The Hall–Kier alpha value is -1.69. The van der Waals surface area contributed by atoms with Crippen LogP contribution in [0.5, 0.6) is 0 Å². The number of carboxylic acids is 1. The average Bonchev–Trinajstić information content (AvgIpc) is 2.75. The summed E-state index contributed by atoms with van der Waals surface area (Å²) in [7, 11) is 0. The fraction of sp³-hybridized carbons (Fsp3) is 0.222. The Morgan fingerprint density at radius 3 is 3.00 bits per heavy atom. The third kappa shape index (κ3) is 2.04. The Balaban J connectivity index is 2.24. The van der Waals surface area contributed by atoms with E-state index in [1.54, 1.807) is 22.9 Å². The van der Waals surface area contributed by atoms with Gasteiger partial charge >= 0.3 is 5.97 Å². The molecule has 5 nitrogen and oxygen atoms in total. The predicted octanol–water partition coefficient (Wildman–Crippen LogP) is 1.39. The van der Waals surface area contributed by atoms with Crippen LogP contribution in [-0.4, -0.2) is 25.8 Å². The number of hydrogen-bond donors (Lipinski definition) is 1. The minimum absolute atomic E-state index is 0.267. The Morgan fingerprint density at radius 2 is 2.40 bits per heavy atom. The molecule has 0 aliphatic heterocycles. The second-order valence-corrected chi connectivity index (χ2v) is 4.31. The SMILES string of the molecule is Cc1nnc(Cn2cccc2C(=O)O)s1. The van der Waals surface area contributed by atoms with Crippen molar-refractivity contribution < 1.29 is 9.90 Å². The molecule has 0 unspecified atom stereocenters. The number of nitrogens with zero attached hydrogens (tertiary/aromatic N) is 3. The van der Waals surface area contributed by atoms with E-state index in [0.717, 1.165) is 10.0 Å². The maximum absolute atomic E-state index is 10.8. The minimum atomic E-state index is -0.929. The lowest BCUT2D eigenvalue weighted by Crippen LogP contribution is -2.08. The standard InChI is InChI=1S/C9H9N3O2S/c1-6-10-11-8(15-6)5-12-4-2-3-7(12)9(13)14/h2-4H,5H2,1H3,(H,13,14). The molecule has 0 saturated heterocycles. The van der Waals surface area contributed by atoms with Gasteiger partial charge < -0.3 is 9.67 Å². The second-order valence-electron chi connectivity index (χ2n) is 3.04. The Bertz CT molecular complexity index is 489. The highest BCUT2D eigenvalue weighted by molar-refractivity contribution is 7.11. The van der Waals surface area contributed by atoms with Gasteiger partial charge in [0.25, 0.3) is 0 Å². The summed E-state index contributed by atoms with van der Waals surface area (Å²) in [6.45, 7) is 2.33. The van der Waals surface area contributed by atoms with E-state index in [1.165, 1.54) is 11.3 Å². The summed E-state index contributed by atoms with van der Waals surface area (Å²) in [5.74, 6) is -0.929. The predicted molar refractivity (Wildman–Crippen MR) is 55.1 cm³/mol. The molecule has 78 valence electrons. The molecule has 0 saturated carbocycles. The summed E-state index contributed by atoms with van der Waals surface area (Å²) in [4.78, 5) is 10.8. The van der Waals surface area contributed by atoms with Crippen molar-refractivity contribution in [1.82, 2.24) is 14.8 Å². The molecule has 1 N–H and O–H groups in total. The van der Waals surface area contributed by atoms with Crippen molar-refractivity contribution >= 4 is 17.3 Å². The van der Waals surface area contributed by atoms with Crippen LogP contribution in [0.4, 0.5) is 0 Å². The molecule has 0 bridgehead atoms. The van der Waals surface area contributed by atoms with Gasteiger partial charge in [-0.15, -0.1) is 10.2 Å². The number of carboxylic acid groups (broad SMARTS) is 1. The van der Waals surface area contributed by atoms with E-state index in [4.69, 9.17) is 5.11 Å². The first-order chi connectivity index (χ1) is 7.16. The summed E-state index contributed by atoms with van der Waals surface area (Å²) in [5.41, 5.74) is 0.267. The number of hydrogen-bond acceptors (Lipinski definition) is 4. The first-order valence-electron chi connectivity index (χ1n) is 4.34. The lowest BCUT2D eigenvalue weighted by molar-refractivity contribution is 0.0685. The average molecular weight is 223 g/mol. The zero-order chi connectivity index (χ0) is 10.8. The van der Waals surface area contributed by atoms with E-state index in [1.807, 2.05) is 6.92 Å². The van der Waals surface area contributed by atoms with E-state index < -0.39 is 5.97 Å². The summed E-state index contributed by atoms with van der Waals surface area (Å²) >= 11 is 1.47. The number of aromatic nitrogens is 3. The number of aryl methyl sites for hydroxylation is 1. The minimum Gasteiger partial charge on any atom is -0.477 e. The van der Waals surface area contributed by atoms with Gasteiger partial charge in [-0.3, -0.25) is 0 Å². The van der Waals surface area contributed by atoms with Gasteiger partial charge in [0.2, 0.25) is 0 Å². The third-order valence-corrected chi connectivity index (χ3v) is 2.75. The van der Waals surface area contributed by atoms with Crippen LogP contribution >= 0.6 is 11.3 Å². The van der Waals surface area contributed by atoms with Crippen molar-refractivity contribution in [2.45, 2.75) is 13.5 Å². The molecule has 2 aromatic heterocycles. The van der Waals surface area contributed by atoms with Crippen LogP contribution in [0.15, 0.2) is 18.3 Å². The molecule has 0 aliphatic carbocycles. The second kappa shape index (κ2) is 3.82. The fourth-order valence-electron chi connectivity index (χ4n) is 1.29. The van der Waals surface area contributed by atoms with Crippen molar-refractivity contribution in [3.63, 3.8) is 0 Å². The molecular weight excluding hydrogens is 214 g/mol. The highest BCUT2D eigenvalue weighted by Gasteiger charge is 2.10. The maximum Gasteiger partial charge on any atom is 0.352 e. The largest absolute Gasteiger partial charge is 0.477 e. The topological polar surface area (TPSA) is 68.0 Å². The lowest BCUT2D eigenvalue weighted by atomic mass is 10.4. The van der Waals surface area contributed by atoms with Gasteiger partial charge in [0, 0.05) is 6.20 Å². The smallest absolute Gasteiger partial charge is 0.352 e. The van der Waals surface area contributed by atoms with Crippen LogP contribution in [0.1, 0.15) is 20.5 Å². The zero-order valence-electron chi connectivity index (χ0n) is 8.04. The van der Waals surface area contributed by atoms with Crippen LogP contribution < -0.4 is 0 Å². The first kappa shape index (κ1) is 9.85. The van der Waals surface area contributed by atoms with Gasteiger partial charge in [-0.05, 0) is 19.1 Å². The Labute approximate surface area is 90.0 Å². The van der Waals surface area contributed by atoms with Crippen LogP contribution in [0.2, 0.25) is 0 Å². The summed E-state index contributed by atoms with van der Waals surface area (Å²) in [5, 5.41) is 18.4. The molecule has 6 heteroatoms. The van der Waals surface area contributed by atoms with Gasteiger partial charge in [-0.25, -0.2) is 4.79 Å². The molecule has 0 amide bonds. The van der Waals surface area contributed by atoms with Gasteiger partial charge in [-0.2, -0.15) is 0 Å². The molecule has 0 spiro atoms. The zero-order valence-corrected chi connectivity index (χ0v) is 8.86. The van der Waals surface area contributed by atoms with Gasteiger partial charge in [0.1, 0.15) is 15.7 Å². The van der Waals surface area contributed by atoms with E-state index in [9.17, 15) is 4.79 Å². The summed E-state index contributed by atoms with van der Waals surface area (Å²) < 4.78 is 1.64. The molecule has 2 aromatic rings. The van der Waals surface area contributed by atoms with Crippen molar-refractivity contribution in [2.24, 2.45) is 0 Å². The molecule has 15 heavy (non-hydrogen) atoms. The molecule has 2 heterocycles. The molecule has 0 atom stereocenters. The van der Waals surface area contributed by atoms with Gasteiger partial charge in [0.15, 0.2) is 0 Å². The summed E-state index contributed by atoms with van der Waals surface area (Å²) in [6, 6.07) is 3.27. The molecule has 2 rings (SSSR count). The Kier molecular flexibility index (Phi) is 2.51. The van der Waals surface area contributed by atoms with Crippen molar-refractivity contribution in [1.29, 1.82) is 0 Å². The highest BCUT2D eigenvalue weighted by atomic mass is 32.1. The van der Waals surface area contributed by atoms with Crippen LogP contribution in [-0.2, 0) is 6.54 Å². The van der Waals surface area contributed by atoms with E-state index in [0.29, 0.717) is 6.54 Å². The van der Waals surface area contributed by atoms with Crippen LogP contribution in [0.25, 0.3) is 0 Å². The van der Waals surface area contributed by atoms with Crippen molar-refractivity contribution in [3.05, 3.63) is 34.0 Å². The molecular formula is C9H9N3O2S. The fourth-order valence-corrected chi connectivity index (χ4v) is 2.00. The highest BCUT2D eigenvalue weighted by Crippen LogP contribution is 2.12. The van der Waals surface area contributed by atoms with E-state index >= 15 is 0 Å². The van der Waals surface area contributed by atoms with Crippen molar-refractivity contribution in [2.75, 3.05) is 0 Å². The van der Waals surface area contributed by atoms with Crippen LogP contribution in [0.3, 0.4) is 0 Å². The number of rotatable bonds is 3.